The molecule has 0 saturated heterocycles. The minimum Gasteiger partial charge on any atom is -0.295 e. The molecule has 0 heterocycles. The van der Waals surface area contributed by atoms with Gasteiger partial charge in [0.2, 0.25) is 0 Å². The molecule has 0 saturated carbocycles. The minimum atomic E-state index is 0.167. The summed E-state index contributed by atoms with van der Waals surface area (Å²) in [5, 5.41) is 0. The van der Waals surface area contributed by atoms with E-state index in [2.05, 4.69) is 45.0 Å². The molecule has 0 aromatic heterocycles. The molecule has 0 unspecified atom stereocenters. The van der Waals surface area contributed by atoms with Gasteiger partial charge in [-0.1, -0.05) is 58.0 Å². The Morgan fingerprint density at radius 1 is 1.19 bits per heavy atom. The first-order chi connectivity index (χ1) is 7.43. The average Bonchev–Trinajstić information content (AvgIpc) is 2.25. The molecule has 0 bridgehead atoms. The van der Waals surface area contributed by atoms with E-state index in [0.717, 1.165) is 5.56 Å². The van der Waals surface area contributed by atoms with Crippen LogP contribution in [0, 0.1) is 0 Å². The maximum absolute atomic E-state index is 11.1. The van der Waals surface area contributed by atoms with Crippen LogP contribution in [0.15, 0.2) is 30.3 Å². The number of hydrogen-bond acceptors (Lipinski definition) is 1. The van der Waals surface area contributed by atoms with E-state index in [4.69, 9.17) is 0 Å². The topological polar surface area (TPSA) is 17.1 Å². The van der Waals surface area contributed by atoms with Gasteiger partial charge in [0.1, 0.15) is 0 Å². The Hall–Kier alpha value is -1.37. The van der Waals surface area contributed by atoms with Crippen LogP contribution in [0.25, 0.3) is 6.08 Å². The van der Waals surface area contributed by atoms with Crippen LogP contribution in [0.1, 0.15) is 45.2 Å². The van der Waals surface area contributed by atoms with E-state index in [1.165, 1.54) is 5.56 Å². The first-order valence-corrected chi connectivity index (χ1v) is 5.75. The van der Waals surface area contributed by atoms with Gasteiger partial charge in [-0.15, -0.1) is 0 Å². The molecule has 0 spiro atoms. The predicted molar refractivity (Wildman–Crippen MR) is 69.5 cm³/mol. The minimum absolute atomic E-state index is 0.167. The second-order valence-electron chi connectivity index (χ2n) is 5.03. The largest absolute Gasteiger partial charge is 0.295 e. The lowest BCUT2D eigenvalue weighted by molar-refractivity contribution is -0.114. The van der Waals surface area contributed by atoms with Gasteiger partial charge in [-0.25, -0.2) is 0 Å². The standard InChI is InChI=1S/C15H20O/c1-5-14(16)11-8-12-6-9-13(10-7-12)15(2,3)4/h6-11H,5H2,1-4H3. The van der Waals surface area contributed by atoms with Crippen LogP contribution in [-0.2, 0) is 10.2 Å². The Kier molecular flexibility index (Phi) is 4.05. The van der Waals surface area contributed by atoms with Gasteiger partial charge < -0.3 is 0 Å². The van der Waals surface area contributed by atoms with E-state index in [-0.39, 0.29) is 11.2 Å². The zero-order valence-corrected chi connectivity index (χ0v) is 10.6. The number of carbonyl (C=O) groups excluding carboxylic acids is 1. The Balaban J connectivity index is 2.80. The molecule has 0 aliphatic heterocycles. The summed E-state index contributed by atoms with van der Waals surface area (Å²) in [6.07, 6.45) is 4.08. The van der Waals surface area contributed by atoms with E-state index in [0.29, 0.717) is 6.42 Å². The quantitative estimate of drug-likeness (QED) is 0.698. The molecule has 0 amide bonds. The number of rotatable bonds is 3. The third kappa shape index (κ3) is 3.65. The van der Waals surface area contributed by atoms with Gasteiger partial charge in [0.15, 0.2) is 5.78 Å². The highest BCUT2D eigenvalue weighted by atomic mass is 16.1. The van der Waals surface area contributed by atoms with Crippen molar-refractivity contribution in [2.24, 2.45) is 0 Å². The zero-order chi connectivity index (χ0) is 12.2. The van der Waals surface area contributed by atoms with Gasteiger partial charge in [0.25, 0.3) is 0 Å². The summed E-state index contributed by atoms with van der Waals surface area (Å²) in [6.45, 7) is 8.45. The van der Waals surface area contributed by atoms with Gasteiger partial charge in [-0.05, 0) is 22.6 Å². The summed E-state index contributed by atoms with van der Waals surface area (Å²) in [6, 6.07) is 8.35. The molecule has 0 N–H and O–H groups in total. The maximum atomic E-state index is 11.1. The number of hydrogen-bond donors (Lipinski definition) is 0. The van der Waals surface area contributed by atoms with Gasteiger partial charge in [0, 0.05) is 6.42 Å². The Morgan fingerprint density at radius 2 is 1.75 bits per heavy atom. The van der Waals surface area contributed by atoms with Crippen molar-refractivity contribution in [3.63, 3.8) is 0 Å². The molecule has 1 aromatic rings. The second-order valence-corrected chi connectivity index (χ2v) is 5.03. The lowest BCUT2D eigenvalue weighted by Crippen LogP contribution is -2.10. The molecule has 0 atom stereocenters. The first kappa shape index (κ1) is 12.7. The van der Waals surface area contributed by atoms with Gasteiger partial charge >= 0.3 is 0 Å². The van der Waals surface area contributed by atoms with E-state index in [1.807, 2.05) is 13.0 Å². The highest BCUT2D eigenvalue weighted by Crippen LogP contribution is 2.22. The summed E-state index contributed by atoms with van der Waals surface area (Å²) >= 11 is 0. The van der Waals surface area contributed by atoms with Gasteiger partial charge in [-0.2, -0.15) is 0 Å². The van der Waals surface area contributed by atoms with Crippen LogP contribution in [-0.4, -0.2) is 5.78 Å². The van der Waals surface area contributed by atoms with Crippen molar-refractivity contribution in [2.45, 2.75) is 39.5 Å². The molecule has 1 heteroatoms. The Morgan fingerprint density at radius 3 is 2.19 bits per heavy atom. The number of carbonyl (C=O) groups is 1. The molecule has 0 aliphatic carbocycles. The van der Waals surface area contributed by atoms with Crippen molar-refractivity contribution in [1.82, 2.24) is 0 Å². The average molecular weight is 216 g/mol. The molecule has 1 rings (SSSR count). The zero-order valence-electron chi connectivity index (χ0n) is 10.6. The van der Waals surface area contributed by atoms with Crippen LogP contribution in [0.4, 0.5) is 0 Å². The molecule has 0 fully saturated rings. The maximum Gasteiger partial charge on any atom is 0.155 e. The normalized spacial score (nSPS) is 12.0. The number of allylic oxidation sites excluding steroid dienone is 1. The van der Waals surface area contributed by atoms with Crippen molar-refractivity contribution < 1.29 is 4.79 Å². The highest BCUT2D eigenvalue weighted by Gasteiger charge is 2.12. The summed E-state index contributed by atoms with van der Waals surface area (Å²) in [7, 11) is 0. The van der Waals surface area contributed by atoms with Crippen molar-refractivity contribution in [1.29, 1.82) is 0 Å². The van der Waals surface area contributed by atoms with E-state index in [1.54, 1.807) is 6.08 Å². The molecular formula is C15H20O. The van der Waals surface area contributed by atoms with Crippen molar-refractivity contribution in [3.05, 3.63) is 41.5 Å². The molecule has 16 heavy (non-hydrogen) atoms. The number of ketones is 1. The van der Waals surface area contributed by atoms with Gasteiger partial charge in [0.05, 0.1) is 0 Å². The summed E-state index contributed by atoms with van der Waals surface area (Å²) in [5.41, 5.74) is 2.57. The fraction of sp³-hybridized carbons (Fsp3) is 0.400. The third-order valence-electron chi connectivity index (χ3n) is 2.59. The van der Waals surface area contributed by atoms with Crippen LogP contribution >= 0.6 is 0 Å². The second kappa shape index (κ2) is 5.11. The monoisotopic (exact) mass is 216 g/mol. The van der Waals surface area contributed by atoms with E-state index >= 15 is 0 Å². The molecule has 86 valence electrons. The Labute approximate surface area is 98.2 Å². The fourth-order valence-corrected chi connectivity index (χ4v) is 1.40. The molecule has 0 radical (unpaired) electrons. The molecular weight excluding hydrogens is 196 g/mol. The van der Waals surface area contributed by atoms with E-state index < -0.39 is 0 Å². The van der Waals surface area contributed by atoms with Crippen molar-refractivity contribution in [3.8, 4) is 0 Å². The summed E-state index contributed by atoms with van der Waals surface area (Å²) in [5.74, 6) is 0.167. The van der Waals surface area contributed by atoms with E-state index in [9.17, 15) is 4.79 Å². The van der Waals surface area contributed by atoms with Crippen LogP contribution < -0.4 is 0 Å². The smallest absolute Gasteiger partial charge is 0.155 e. The number of benzene rings is 1. The summed E-state index contributed by atoms with van der Waals surface area (Å²) in [4.78, 5) is 11.1. The van der Waals surface area contributed by atoms with Crippen molar-refractivity contribution in [2.75, 3.05) is 0 Å². The summed E-state index contributed by atoms with van der Waals surface area (Å²) < 4.78 is 0. The lowest BCUT2D eigenvalue weighted by atomic mass is 9.87. The SMILES string of the molecule is CCC(=O)C=Cc1ccc(C(C)(C)C)cc1. The molecule has 0 aliphatic rings. The third-order valence-corrected chi connectivity index (χ3v) is 2.59. The first-order valence-electron chi connectivity index (χ1n) is 5.75. The van der Waals surface area contributed by atoms with Crippen LogP contribution in [0.2, 0.25) is 0 Å². The lowest BCUT2D eigenvalue weighted by Gasteiger charge is -2.18. The van der Waals surface area contributed by atoms with Crippen molar-refractivity contribution >= 4 is 11.9 Å². The highest BCUT2D eigenvalue weighted by molar-refractivity contribution is 5.93. The molecule has 1 nitrogen and oxygen atoms in total. The molecule has 1 aromatic carbocycles. The fourth-order valence-electron chi connectivity index (χ4n) is 1.40. The van der Waals surface area contributed by atoms with Gasteiger partial charge in [-0.3, -0.25) is 4.79 Å². The van der Waals surface area contributed by atoms with Crippen LogP contribution in [0.3, 0.4) is 0 Å². The Bertz CT molecular complexity index is 377. The van der Waals surface area contributed by atoms with Crippen LogP contribution in [0.5, 0.6) is 0 Å². The predicted octanol–water partition coefficient (Wildman–Crippen LogP) is 3.98.